The molecule has 128 valence electrons. The minimum absolute atomic E-state index is 0. The van der Waals surface area contributed by atoms with Crippen LogP contribution < -0.4 is 0 Å². The third kappa shape index (κ3) is 36.2. The highest BCUT2D eigenvalue weighted by atomic mass is 35.7. The average Bonchev–Trinajstić information content (AvgIpc) is 1.64. The molecule has 11 nitrogen and oxygen atoms in total. The van der Waals surface area contributed by atoms with Gasteiger partial charge in [-0.1, -0.05) is 7.43 Å². The Bertz CT molecular complexity index is 546. The van der Waals surface area contributed by atoms with Gasteiger partial charge in [-0.2, -0.15) is 16.8 Å². The van der Waals surface area contributed by atoms with Crippen molar-refractivity contribution in [2.75, 3.05) is 10.2 Å². The van der Waals surface area contributed by atoms with Crippen molar-refractivity contribution in [3.8, 4) is 0 Å². The number of halogens is 2. The molecule has 0 aliphatic rings. The Morgan fingerprint density at radius 1 is 0.650 bits per heavy atom. The van der Waals surface area contributed by atoms with Gasteiger partial charge < -0.3 is 5.48 Å². The maximum absolute atomic E-state index is 9.95. The molecular formula is C3H12Cl2O11S4. The largest absolute Gasteiger partial charge is 0.412 e. The number of hydrogen-bond donors (Lipinski definition) is 2. The molecule has 0 aromatic carbocycles. The molecule has 0 unspecified atom stereocenters. The summed E-state index contributed by atoms with van der Waals surface area (Å²) in [5.74, 6) is 0. The van der Waals surface area contributed by atoms with E-state index < -0.39 is 48.5 Å². The van der Waals surface area contributed by atoms with Crippen molar-refractivity contribution in [3.63, 3.8) is 0 Å². The van der Waals surface area contributed by atoms with Crippen LogP contribution in [-0.2, 0) is 38.3 Å². The fraction of sp³-hybridized carbons (Fsp3) is 1.00. The van der Waals surface area contributed by atoms with E-state index in [9.17, 15) is 33.7 Å². The van der Waals surface area contributed by atoms with Gasteiger partial charge in [0.15, 0.2) is 5.08 Å². The summed E-state index contributed by atoms with van der Waals surface area (Å²) in [5.41, 5.74) is 0. The normalized spacial score (nSPS) is 12.2. The Hall–Kier alpha value is 0.260. The summed E-state index contributed by atoms with van der Waals surface area (Å²) in [5, 5.41) is -2.89. The Morgan fingerprint density at radius 2 is 0.850 bits per heavy atom. The molecule has 0 aromatic rings. The maximum atomic E-state index is 9.95. The van der Waals surface area contributed by atoms with E-state index in [0.717, 1.165) is 0 Å². The third-order valence-corrected chi connectivity index (χ3v) is 6.82. The molecule has 0 amide bonds. The van der Waals surface area contributed by atoms with Gasteiger partial charge in [0.05, 0.1) is 0 Å². The van der Waals surface area contributed by atoms with Gasteiger partial charge in [0.25, 0.3) is 20.2 Å². The van der Waals surface area contributed by atoms with E-state index in [4.69, 9.17) is 9.11 Å². The molecule has 0 fully saturated rings. The lowest BCUT2D eigenvalue weighted by atomic mass is 11.9. The summed E-state index contributed by atoms with van der Waals surface area (Å²) in [6.07, 6.45) is 0. The van der Waals surface area contributed by atoms with Crippen LogP contribution in [0.5, 0.6) is 0 Å². The Kier molecular flexibility index (Phi) is 13.2. The van der Waals surface area contributed by atoms with Crippen LogP contribution in [0, 0.1) is 0 Å². The van der Waals surface area contributed by atoms with Crippen molar-refractivity contribution in [2.45, 2.75) is 7.43 Å². The zero-order valence-corrected chi connectivity index (χ0v) is 13.2. The maximum Gasteiger partial charge on any atom is 0.281 e. The Morgan fingerprint density at radius 3 is 0.850 bits per heavy atom. The van der Waals surface area contributed by atoms with Crippen LogP contribution in [0.15, 0.2) is 0 Å². The molecule has 0 spiro atoms. The van der Waals surface area contributed by atoms with Crippen molar-refractivity contribution in [1.29, 1.82) is 0 Å². The topological polar surface area (TPSA) is 209 Å². The molecule has 17 heteroatoms. The first kappa shape index (κ1) is 28.4. The summed E-state index contributed by atoms with van der Waals surface area (Å²) >= 11 is 0. The van der Waals surface area contributed by atoms with Crippen LogP contribution in [-0.4, -0.2) is 58.4 Å². The second-order valence-electron chi connectivity index (χ2n) is 2.48. The number of hydrogen-bond acceptors (Lipinski definition) is 8. The molecule has 4 N–H and O–H groups in total. The van der Waals surface area contributed by atoms with Gasteiger partial charge >= 0.3 is 0 Å². The SMILES string of the molecule is C.O.O=S(=O)(Cl)CS(=O)(=O)Cl.O=S(=O)(O)CS(=O)(=O)O. The van der Waals surface area contributed by atoms with E-state index in [1.807, 2.05) is 0 Å². The minimum Gasteiger partial charge on any atom is -0.412 e. The van der Waals surface area contributed by atoms with Gasteiger partial charge in [-0.25, -0.2) is 16.8 Å². The van der Waals surface area contributed by atoms with Gasteiger partial charge in [0.2, 0.25) is 23.2 Å². The highest BCUT2D eigenvalue weighted by molar-refractivity contribution is 8.28. The van der Waals surface area contributed by atoms with E-state index in [2.05, 4.69) is 21.4 Å². The first-order valence-electron chi connectivity index (χ1n) is 3.16. The van der Waals surface area contributed by atoms with Crippen molar-refractivity contribution in [2.24, 2.45) is 0 Å². The summed E-state index contributed by atoms with van der Waals surface area (Å²) < 4.78 is 94.0. The van der Waals surface area contributed by atoms with Crippen molar-refractivity contribution in [1.82, 2.24) is 0 Å². The summed E-state index contributed by atoms with van der Waals surface area (Å²) in [7, 11) is -8.25. The molecule has 20 heavy (non-hydrogen) atoms. The molecule has 0 saturated carbocycles. The lowest BCUT2D eigenvalue weighted by Gasteiger charge is -1.89. The molecule has 0 aromatic heterocycles. The molecule has 0 aliphatic carbocycles. The molecular weight excluding hydrogens is 411 g/mol. The van der Waals surface area contributed by atoms with Crippen LogP contribution >= 0.6 is 21.4 Å². The highest BCUT2D eigenvalue weighted by Gasteiger charge is 2.16. The van der Waals surface area contributed by atoms with Crippen LogP contribution in [0.4, 0.5) is 0 Å². The lowest BCUT2D eigenvalue weighted by Crippen LogP contribution is -2.13. The first-order chi connectivity index (χ1) is 7.41. The fourth-order valence-electron chi connectivity index (χ4n) is 0.356. The zero-order valence-electron chi connectivity index (χ0n) is 8.46. The molecule has 0 bridgehead atoms. The molecule has 0 heterocycles. The minimum atomic E-state index is -4.62. The lowest BCUT2D eigenvalue weighted by molar-refractivity contribution is 0.471. The van der Waals surface area contributed by atoms with Crippen LogP contribution in [0.25, 0.3) is 0 Å². The van der Waals surface area contributed by atoms with Crippen molar-refractivity contribution < 1.29 is 48.3 Å². The Balaban J connectivity index is -0.000000116. The number of rotatable bonds is 4. The van der Waals surface area contributed by atoms with Crippen LogP contribution in [0.3, 0.4) is 0 Å². The average molecular weight is 423 g/mol. The van der Waals surface area contributed by atoms with E-state index in [0.29, 0.717) is 0 Å². The second kappa shape index (κ2) is 9.31. The van der Waals surface area contributed by atoms with Gasteiger partial charge in [0.1, 0.15) is 0 Å². The molecule has 0 rings (SSSR count). The fourth-order valence-corrected chi connectivity index (χ4v) is 5.73. The predicted octanol–water partition coefficient (Wildman–Crippen LogP) is -1.39. The van der Waals surface area contributed by atoms with E-state index in [1.54, 1.807) is 0 Å². The first-order valence-corrected chi connectivity index (χ1v) is 11.3. The van der Waals surface area contributed by atoms with Gasteiger partial charge in [-0.05, 0) is 0 Å². The smallest absolute Gasteiger partial charge is 0.281 e. The Labute approximate surface area is 125 Å². The van der Waals surface area contributed by atoms with Crippen LogP contribution in [0.2, 0.25) is 0 Å². The molecule has 0 saturated heterocycles. The summed E-state index contributed by atoms with van der Waals surface area (Å²) in [4.78, 5) is 0. The van der Waals surface area contributed by atoms with E-state index in [-0.39, 0.29) is 12.9 Å². The predicted molar refractivity (Wildman–Crippen MR) is 72.7 cm³/mol. The molecule has 0 aliphatic heterocycles. The third-order valence-electron chi connectivity index (χ3n) is 0.579. The zero-order chi connectivity index (χ0) is 15.4. The highest BCUT2D eigenvalue weighted by Crippen LogP contribution is 2.05. The van der Waals surface area contributed by atoms with Gasteiger partial charge in [-0.3, -0.25) is 9.11 Å². The quantitative estimate of drug-likeness (QED) is 0.399. The van der Waals surface area contributed by atoms with Gasteiger partial charge in [0, 0.05) is 21.4 Å². The van der Waals surface area contributed by atoms with Crippen molar-refractivity contribution >= 4 is 59.7 Å². The summed E-state index contributed by atoms with van der Waals surface area (Å²) in [6, 6.07) is 0. The van der Waals surface area contributed by atoms with Gasteiger partial charge in [-0.15, -0.1) is 0 Å². The monoisotopic (exact) mass is 422 g/mol. The van der Waals surface area contributed by atoms with Crippen molar-refractivity contribution in [3.05, 3.63) is 0 Å². The van der Waals surface area contributed by atoms with E-state index in [1.165, 1.54) is 0 Å². The standard InChI is InChI=1S/CH2Cl2O4S2.CH4O6S2.CH4.H2O/c2-8(4,5)1-9(3,6)7;2-8(3,4)1-9(5,6)7;;/h1H2;1H2,(H,2,3,4)(H,5,6,7);1H4;1H2. The molecule has 0 radical (unpaired) electrons. The summed E-state index contributed by atoms with van der Waals surface area (Å²) in [6.45, 7) is 0. The van der Waals surface area contributed by atoms with Crippen LogP contribution in [0.1, 0.15) is 7.43 Å². The molecule has 0 atom stereocenters. The van der Waals surface area contributed by atoms with E-state index >= 15 is 0 Å². The second-order valence-corrected chi connectivity index (χ2v) is 11.7.